The molecule has 2 unspecified atom stereocenters. The molecule has 2 aliphatic rings. The monoisotopic (exact) mass is 556 g/mol. The molecule has 0 aromatic heterocycles. The molecular formula is C27H25ClN2O5S2. The number of amidine groups is 1. The molecule has 2 atom stereocenters. The largest absolute Gasteiger partial charge is 0.496 e. The van der Waals surface area contributed by atoms with Crippen LogP contribution in [0.3, 0.4) is 0 Å². The summed E-state index contributed by atoms with van der Waals surface area (Å²) in [6, 6.07) is 19.7. The Morgan fingerprint density at radius 3 is 2.68 bits per heavy atom. The number of benzene rings is 3. The molecule has 0 spiro atoms. The number of hydrogen-bond donors (Lipinski definition) is 0. The Hall–Kier alpha value is -3.01. The molecule has 7 nitrogen and oxygen atoms in total. The predicted molar refractivity (Wildman–Crippen MR) is 148 cm³/mol. The lowest BCUT2D eigenvalue weighted by molar-refractivity contribution is -0.117. The third kappa shape index (κ3) is 5.63. The summed E-state index contributed by atoms with van der Waals surface area (Å²) in [5.74, 6) is 1.36. The third-order valence-corrected chi connectivity index (χ3v) is 9.66. The molecule has 0 aliphatic carbocycles. The van der Waals surface area contributed by atoms with Crippen LogP contribution >= 0.6 is 23.4 Å². The average molecular weight is 557 g/mol. The first-order valence-corrected chi connectivity index (χ1v) is 14.7. The van der Waals surface area contributed by atoms with Crippen LogP contribution in [0, 0.1) is 6.92 Å². The van der Waals surface area contributed by atoms with Gasteiger partial charge < -0.3 is 14.4 Å². The lowest BCUT2D eigenvalue weighted by Crippen LogP contribution is -2.38. The molecule has 0 bridgehead atoms. The van der Waals surface area contributed by atoms with Gasteiger partial charge in [0.05, 0.1) is 36.8 Å². The van der Waals surface area contributed by atoms with E-state index in [9.17, 15) is 13.2 Å². The second-order valence-corrected chi connectivity index (χ2v) is 12.8. The summed E-state index contributed by atoms with van der Waals surface area (Å²) in [6.45, 7) is 1.97. The fourth-order valence-electron chi connectivity index (χ4n) is 4.58. The molecule has 0 N–H and O–H groups in total. The van der Waals surface area contributed by atoms with Crippen molar-refractivity contribution in [2.75, 3.05) is 23.5 Å². The molecule has 192 valence electrons. The fraction of sp³-hybridized carbons (Fsp3) is 0.259. The van der Waals surface area contributed by atoms with E-state index in [-0.39, 0.29) is 29.1 Å². The van der Waals surface area contributed by atoms with Gasteiger partial charge in [-0.2, -0.15) is 4.99 Å². The van der Waals surface area contributed by atoms with Gasteiger partial charge in [0, 0.05) is 15.8 Å². The quantitative estimate of drug-likeness (QED) is 0.407. The third-order valence-electron chi connectivity index (χ3n) is 6.22. The number of rotatable bonds is 6. The summed E-state index contributed by atoms with van der Waals surface area (Å²) >= 11 is 7.69. The predicted octanol–water partition coefficient (Wildman–Crippen LogP) is 5.29. The fourth-order valence-corrected chi connectivity index (χ4v) is 8.67. The number of para-hydroxylation sites is 1. The number of amides is 1. The number of carbonyl (C=O) groups excluding carboxylic acids is 1. The molecule has 3 aromatic carbocycles. The number of nitrogens with zero attached hydrogens (tertiary/aromatic N) is 2. The Kier molecular flexibility index (Phi) is 7.20. The van der Waals surface area contributed by atoms with E-state index in [1.165, 1.54) is 11.8 Å². The number of methoxy groups -OCH3 is 1. The number of hydrogen-bond acceptors (Lipinski definition) is 6. The summed E-state index contributed by atoms with van der Waals surface area (Å²) < 4.78 is 36.6. The molecule has 37 heavy (non-hydrogen) atoms. The van der Waals surface area contributed by atoms with Gasteiger partial charge in [-0.1, -0.05) is 53.7 Å². The Morgan fingerprint density at radius 1 is 1.08 bits per heavy atom. The van der Waals surface area contributed by atoms with E-state index in [4.69, 9.17) is 21.1 Å². The number of carbonyl (C=O) groups is 1. The van der Waals surface area contributed by atoms with E-state index in [0.29, 0.717) is 33.1 Å². The standard InChI is InChI=1S/C27H25ClN2O5S2/c1-17-6-5-8-20(12-17)35-24-11-10-19(28)14-21(24)30-22-15-37(32,33)16-25(22)36-27(30)29-26(31)13-18-7-3-4-9-23(18)34-2/h3-12,14,22,25H,13,15-16H2,1-2H3. The van der Waals surface area contributed by atoms with Crippen LogP contribution in [0.4, 0.5) is 5.69 Å². The SMILES string of the molecule is COc1ccccc1CC(=O)N=C1SC2CS(=O)(=O)CC2N1c1cc(Cl)ccc1Oc1cccc(C)c1. The highest BCUT2D eigenvalue weighted by Crippen LogP contribution is 2.45. The Bertz CT molecular complexity index is 1490. The maximum Gasteiger partial charge on any atom is 0.252 e. The lowest BCUT2D eigenvalue weighted by Gasteiger charge is -2.27. The van der Waals surface area contributed by atoms with Gasteiger partial charge in [0.15, 0.2) is 20.8 Å². The van der Waals surface area contributed by atoms with Crippen LogP contribution in [0.2, 0.25) is 5.02 Å². The lowest BCUT2D eigenvalue weighted by atomic mass is 10.1. The Labute approximate surface area is 225 Å². The van der Waals surface area contributed by atoms with Crippen molar-refractivity contribution in [3.63, 3.8) is 0 Å². The van der Waals surface area contributed by atoms with Crippen LogP contribution in [-0.2, 0) is 21.1 Å². The van der Waals surface area contributed by atoms with Gasteiger partial charge in [-0.3, -0.25) is 4.79 Å². The van der Waals surface area contributed by atoms with Crippen LogP contribution in [0.5, 0.6) is 17.2 Å². The molecule has 5 rings (SSSR count). The number of aryl methyl sites for hydroxylation is 1. The molecule has 0 saturated carbocycles. The topological polar surface area (TPSA) is 85.3 Å². The number of ether oxygens (including phenoxy) is 2. The Morgan fingerprint density at radius 2 is 1.89 bits per heavy atom. The van der Waals surface area contributed by atoms with Crippen LogP contribution < -0.4 is 14.4 Å². The molecule has 3 aromatic rings. The van der Waals surface area contributed by atoms with E-state index >= 15 is 0 Å². The number of fused-ring (bicyclic) bond motifs is 1. The van der Waals surface area contributed by atoms with Gasteiger partial charge in [0.25, 0.3) is 5.91 Å². The van der Waals surface area contributed by atoms with Crippen molar-refractivity contribution in [1.82, 2.24) is 0 Å². The molecule has 2 heterocycles. The van der Waals surface area contributed by atoms with Crippen molar-refractivity contribution in [1.29, 1.82) is 0 Å². The van der Waals surface area contributed by atoms with E-state index in [2.05, 4.69) is 4.99 Å². The first kappa shape index (κ1) is 25.6. The molecule has 2 fully saturated rings. The maximum absolute atomic E-state index is 13.1. The Balaban J connectivity index is 1.53. The zero-order valence-electron chi connectivity index (χ0n) is 20.3. The zero-order valence-corrected chi connectivity index (χ0v) is 22.6. The summed E-state index contributed by atoms with van der Waals surface area (Å²) in [5.41, 5.74) is 2.33. The molecule has 0 radical (unpaired) electrons. The molecule has 2 saturated heterocycles. The van der Waals surface area contributed by atoms with Gasteiger partial charge in [-0.15, -0.1) is 0 Å². The number of thioether (sulfide) groups is 1. The normalized spacial score (nSPS) is 21.2. The molecule has 2 aliphatic heterocycles. The van der Waals surface area contributed by atoms with E-state index in [1.54, 1.807) is 36.3 Å². The molecule has 10 heteroatoms. The number of aliphatic imine (C=N–C) groups is 1. The number of anilines is 1. The van der Waals surface area contributed by atoms with Gasteiger partial charge in [-0.05, 0) is 48.9 Å². The number of sulfone groups is 1. The first-order valence-electron chi connectivity index (χ1n) is 11.7. The second kappa shape index (κ2) is 10.4. The molecular weight excluding hydrogens is 532 g/mol. The highest BCUT2D eigenvalue weighted by Gasteiger charge is 2.50. The highest BCUT2D eigenvalue weighted by molar-refractivity contribution is 8.16. The van der Waals surface area contributed by atoms with Crippen LogP contribution in [-0.4, -0.2) is 49.4 Å². The average Bonchev–Trinajstić information content (AvgIpc) is 3.31. The van der Waals surface area contributed by atoms with Crippen molar-refractivity contribution >= 4 is 50.0 Å². The van der Waals surface area contributed by atoms with Gasteiger partial charge in [0.2, 0.25) is 0 Å². The minimum absolute atomic E-state index is 0.0210. The summed E-state index contributed by atoms with van der Waals surface area (Å²) in [6.07, 6.45) is 0.0533. The first-order chi connectivity index (χ1) is 17.7. The van der Waals surface area contributed by atoms with Crippen molar-refractivity contribution in [2.45, 2.75) is 24.6 Å². The van der Waals surface area contributed by atoms with Crippen molar-refractivity contribution in [2.24, 2.45) is 4.99 Å². The summed E-state index contributed by atoms with van der Waals surface area (Å²) in [4.78, 5) is 19.3. The maximum atomic E-state index is 13.1. The zero-order chi connectivity index (χ0) is 26.2. The smallest absolute Gasteiger partial charge is 0.252 e. The van der Waals surface area contributed by atoms with Crippen LogP contribution in [0.1, 0.15) is 11.1 Å². The van der Waals surface area contributed by atoms with Gasteiger partial charge >= 0.3 is 0 Å². The van der Waals surface area contributed by atoms with E-state index < -0.39 is 15.9 Å². The second-order valence-electron chi connectivity index (χ2n) is 8.98. The minimum Gasteiger partial charge on any atom is -0.496 e. The van der Waals surface area contributed by atoms with Gasteiger partial charge in [-0.25, -0.2) is 8.42 Å². The van der Waals surface area contributed by atoms with Crippen molar-refractivity contribution in [3.05, 3.63) is 82.9 Å². The van der Waals surface area contributed by atoms with Gasteiger partial charge in [0.1, 0.15) is 11.5 Å². The van der Waals surface area contributed by atoms with E-state index in [0.717, 1.165) is 11.1 Å². The highest BCUT2D eigenvalue weighted by atomic mass is 35.5. The van der Waals surface area contributed by atoms with E-state index in [1.807, 2.05) is 49.4 Å². The molecule has 1 amide bonds. The summed E-state index contributed by atoms with van der Waals surface area (Å²) in [7, 11) is -1.68. The van der Waals surface area contributed by atoms with Crippen molar-refractivity contribution in [3.8, 4) is 17.2 Å². The minimum atomic E-state index is -3.24. The number of halogens is 1. The van der Waals surface area contributed by atoms with Crippen molar-refractivity contribution < 1.29 is 22.7 Å². The summed E-state index contributed by atoms with van der Waals surface area (Å²) in [5, 5.41) is 0.635. The van der Waals surface area contributed by atoms with Crippen LogP contribution in [0.15, 0.2) is 71.7 Å². The van der Waals surface area contributed by atoms with Crippen LogP contribution in [0.25, 0.3) is 0 Å².